The van der Waals surface area contributed by atoms with Gasteiger partial charge in [0.05, 0.1) is 6.61 Å². The Labute approximate surface area is 153 Å². The highest BCUT2D eigenvalue weighted by Gasteiger charge is 2.32. The molecule has 0 aliphatic heterocycles. The molecule has 1 aliphatic carbocycles. The summed E-state index contributed by atoms with van der Waals surface area (Å²) in [6, 6.07) is 7.86. The van der Waals surface area contributed by atoms with Gasteiger partial charge in [-0.15, -0.1) is 0 Å². The first kappa shape index (κ1) is 18.0. The second-order valence-corrected chi connectivity index (χ2v) is 6.40. The molecule has 1 aromatic carbocycles. The topological polar surface area (TPSA) is 68.4 Å². The standard InChI is InChI=1S/C21H23NO4/c1-4-10-26-21(24)20-13(3)19-17(22-20)11-15(12-18(19)23)14-6-8-16(9-7-14)25-5-2/h4,6-9,15,22H,1,5,10-12H2,2-3H3. The average molecular weight is 353 g/mol. The summed E-state index contributed by atoms with van der Waals surface area (Å²) in [5, 5.41) is 0. The van der Waals surface area contributed by atoms with Crippen LogP contribution < -0.4 is 4.74 Å². The van der Waals surface area contributed by atoms with Gasteiger partial charge in [0.1, 0.15) is 18.1 Å². The molecule has 3 rings (SSSR count). The first-order chi connectivity index (χ1) is 12.5. The molecule has 136 valence electrons. The van der Waals surface area contributed by atoms with Gasteiger partial charge in [-0.1, -0.05) is 24.8 Å². The number of rotatable bonds is 6. The monoisotopic (exact) mass is 353 g/mol. The minimum absolute atomic E-state index is 0.0571. The van der Waals surface area contributed by atoms with Crippen LogP contribution in [0.4, 0.5) is 0 Å². The number of carbonyl (C=O) groups excluding carboxylic acids is 2. The van der Waals surface area contributed by atoms with E-state index in [1.807, 2.05) is 31.2 Å². The van der Waals surface area contributed by atoms with Crippen LogP contribution in [-0.4, -0.2) is 30.0 Å². The molecule has 1 heterocycles. The summed E-state index contributed by atoms with van der Waals surface area (Å²) < 4.78 is 10.6. The Morgan fingerprint density at radius 2 is 2.04 bits per heavy atom. The van der Waals surface area contributed by atoms with Crippen LogP contribution in [0.25, 0.3) is 0 Å². The molecule has 1 atom stereocenters. The number of aromatic nitrogens is 1. The highest BCUT2D eigenvalue weighted by atomic mass is 16.5. The van der Waals surface area contributed by atoms with Crippen molar-refractivity contribution in [1.29, 1.82) is 0 Å². The van der Waals surface area contributed by atoms with E-state index in [2.05, 4.69) is 11.6 Å². The summed E-state index contributed by atoms with van der Waals surface area (Å²) in [5.41, 5.74) is 3.57. The lowest BCUT2D eigenvalue weighted by Gasteiger charge is -2.22. The number of aromatic amines is 1. The minimum atomic E-state index is -0.456. The summed E-state index contributed by atoms with van der Waals surface area (Å²) in [7, 11) is 0. The van der Waals surface area contributed by atoms with Crippen molar-refractivity contribution in [2.75, 3.05) is 13.2 Å². The van der Waals surface area contributed by atoms with Crippen molar-refractivity contribution in [2.24, 2.45) is 0 Å². The Balaban J connectivity index is 1.84. The summed E-state index contributed by atoms with van der Waals surface area (Å²) >= 11 is 0. The van der Waals surface area contributed by atoms with Gasteiger partial charge < -0.3 is 14.5 Å². The lowest BCUT2D eigenvalue weighted by molar-refractivity contribution is 0.0542. The van der Waals surface area contributed by atoms with Gasteiger partial charge in [0.2, 0.25) is 0 Å². The maximum absolute atomic E-state index is 12.7. The van der Waals surface area contributed by atoms with Gasteiger partial charge >= 0.3 is 5.97 Å². The van der Waals surface area contributed by atoms with E-state index in [1.54, 1.807) is 6.92 Å². The van der Waals surface area contributed by atoms with Gasteiger partial charge in [-0.05, 0) is 49.4 Å². The molecule has 2 aromatic rings. The molecule has 5 nitrogen and oxygen atoms in total. The van der Waals surface area contributed by atoms with E-state index in [0.29, 0.717) is 36.3 Å². The normalized spacial score (nSPS) is 16.1. The van der Waals surface area contributed by atoms with Crippen LogP contribution in [0.15, 0.2) is 36.9 Å². The molecule has 0 fully saturated rings. The van der Waals surface area contributed by atoms with Gasteiger partial charge in [0, 0.05) is 17.7 Å². The number of ether oxygens (including phenoxy) is 2. The molecule has 0 spiro atoms. The third-order valence-electron chi connectivity index (χ3n) is 4.69. The highest BCUT2D eigenvalue weighted by molar-refractivity contribution is 6.03. The Bertz CT molecular complexity index is 832. The van der Waals surface area contributed by atoms with E-state index < -0.39 is 5.97 Å². The zero-order valence-electron chi connectivity index (χ0n) is 15.1. The van der Waals surface area contributed by atoms with E-state index >= 15 is 0 Å². The number of H-pyrrole nitrogens is 1. The number of esters is 1. The zero-order chi connectivity index (χ0) is 18.7. The van der Waals surface area contributed by atoms with Crippen LogP contribution in [0, 0.1) is 6.92 Å². The van der Waals surface area contributed by atoms with E-state index in [4.69, 9.17) is 9.47 Å². The SMILES string of the molecule is C=CCOC(=O)c1[nH]c2c(c1C)C(=O)CC(c1ccc(OCC)cc1)C2. The molecule has 0 amide bonds. The summed E-state index contributed by atoms with van der Waals surface area (Å²) in [6.07, 6.45) is 2.63. The predicted octanol–water partition coefficient (Wildman–Crippen LogP) is 3.98. The third-order valence-corrected chi connectivity index (χ3v) is 4.69. The number of hydrogen-bond donors (Lipinski definition) is 1. The highest BCUT2D eigenvalue weighted by Crippen LogP contribution is 2.35. The van der Waals surface area contributed by atoms with Crippen LogP contribution in [0.2, 0.25) is 0 Å². The van der Waals surface area contributed by atoms with Crippen molar-refractivity contribution in [2.45, 2.75) is 32.6 Å². The Morgan fingerprint density at radius 1 is 1.31 bits per heavy atom. The van der Waals surface area contributed by atoms with E-state index in [-0.39, 0.29) is 18.3 Å². The van der Waals surface area contributed by atoms with Crippen molar-refractivity contribution in [3.63, 3.8) is 0 Å². The van der Waals surface area contributed by atoms with E-state index in [9.17, 15) is 9.59 Å². The van der Waals surface area contributed by atoms with Gasteiger partial charge in [0.15, 0.2) is 5.78 Å². The molecule has 5 heteroatoms. The average Bonchev–Trinajstić information content (AvgIpc) is 2.98. The van der Waals surface area contributed by atoms with Gasteiger partial charge in [0.25, 0.3) is 0 Å². The van der Waals surface area contributed by atoms with E-state index in [0.717, 1.165) is 17.0 Å². The Hall–Kier alpha value is -2.82. The Kier molecular flexibility index (Phi) is 5.26. The number of hydrogen-bond acceptors (Lipinski definition) is 4. The zero-order valence-corrected chi connectivity index (χ0v) is 15.1. The lowest BCUT2D eigenvalue weighted by Crippen LogP contribution is -2.18. The van der Waals surface area contributed by atoms with Gasteiger partial charge in [-0.2, -0.15) is 0 Å². The third kappa shape index (κ3) is 3.43. The summed E-state index contributed by atoms with van der Waals surface area (Å²) in [4.78, 5) is 28.0. The quantitative estimate of drug-likeness (QED) is 0.630. The molecular formula is C21H23NO4. The molecule has 1 N–H and O–H groups in total. The molecule has 0 bridgehead atoms. The number of benzene rings is 1. The number of nitrogens with one attached hydrogen (secondary N) is 1. The van der Waals surface area contributed by atoms with Crippen molar-refractivity contribution < 1.29 is 19.1 Å². The van der Waals surface area contributed by atoms with Crippen molar-refractivity contribution in [1.82, 2.24) is 4.98 Å². The van der Waals surface area contributed by atoms with Crippen LogP contribution in [0.1, 0.15) is 56.9 Å². The molecule has 1 aliphatic rings. The molecule has 0 saturated heterocycles. The predicted molar refractivity (Wildman–Crippen MR) is 99.0 cm³/mol. The molecule has 0 saturated carbocycles. The van der Waals surface area contributed by atoms with Crippen LogP contribution in [0.5, 0.6) is 5.75 Å². The largest absolute Gasteiger partial charge is 0.494 e. The van der Waals surface area contributed by atoms with Crippen molar-refractivity contribution in [3.05, 3.63) is 65.0 Å². The molecule has 26 heavy (non-hydrogen) atoms. The number of ketones is 1. The number of Topliss-reactive ketones (excluding diaryl/α,β-unsaturated/α-hetero) is 1. The fourth-order valence-electron chi connectivity index (χ4n) is 3.48. The van der Waals surface area contributed by atoms with E-state index in [1.165, 1.54) is 6.08 Å². The maximum Gasteiger partial charge on any atom is 0.355 e. The molecule has 0 radical (unpaired) electrons. The number of carbonyl (C=O) groups is 2. The lowest BCUT2D eigenvalue weighted by atomic mass is 9.81. The van der Waals surface area contributed by atoms with Gasteiger partial charge in [-0.25, -0.2) is 4.79 Å². The summed E-state index contributed by atoms with van der Waals surface area (Å²) in [5.74, 6) is 0.506. The van der Waals surface area contributed by atoms with Gasteiger partial charge in [-0.3, -0.25) is 4.79 Å². The maximum atomic E-state index is 12.7. The fourth-order valence-corrected chi connectivity index (χ4v) is 3.48. The Morgan fingerprint density at radius 3 is 2.69 bits per heavy atom. The van der Waals surface area contributed by atoms with Crippen LogP contribution >= 0.6 is 0 Å². The van der Waals surface area contributed by atoms with Crippen molar-refractivity contribution >= 4 is 11.8 Å². The first-order valence-electron chi connectivity index (χ1n) is 8.80. The fraction of sp³-hybridized carbons (Fsp3) is 0.333. The van der Waals surface area contributed by atoms with Crippen LogP contribution in [-0.2, 0) is 11.2 Å². The minimum Gasteiger partial charge on any atom is -0.494 e. The second-order valence-electron chi connectivity index (χ2n) is 6.40. The molecular weight excluding hydrogens is 330 g/mol. The smallest absolute Gasteiger partial charge is 0.355 e. The number of fused-ring (bicyclic) bond motifs is 1. The molecule has 1 aromatic heterocycles. The van der Waals surface area contributed by atoms with Crippen molar-refractivity contribution in [3.8, 4) is 5.75 Å². The van der Waals surface area contributed by atoms with Crippen LogP contribution in [0.3, 0.4) is 0 Å². The first-order valence-corrected chi connectivity index (χ1v) is 8.80. The summed E-state index contributed by atoms with van der Waals surface area (Å²) in [6.45, 7) is 8.03. The molecule has 1 unspecified atom stereocenters. The second kappa shape index (κ2) is 7.60.